The van der Waals surface area contributed by atoms with Gasteiger partial charge in [-0.3, -0.25) is 4.79 Å². The zero-order valence-corrected chi connectivity index (χ0v) is 25.4. The van der Waals surface area contributed by atoms with Gasteiger partial charge in [0.1, 0.15) is 0 Å². The molecule has 0 spiro atoms. The van der Waals surface area contributed by atoms with E-state index in [1.807, 2.05) is 36.4 Å². The number of aromatic nitrogens is 4. The third kappa shape index (κ3) is 8.96. The molecule has 0 fully saturated rings. The Kier molecular flexibility index (Phi) is 10.5. The molecule has 3 N–H and O–H groups in total. The molecule has 3 aliphatic heterocycles. The minimum atomic E-state index is -0.743. The Labute approximate surface area is 261 Å². The molecule has 0 atom stereocenters. The maximum Gasteiger partial charge on any atom is 0.303 e. The van der Waals surface area contributed by atoms with E-state index in [1.165, 1.54) is 11.4 Å². The van der Waals surface area contributed by atoms with Gasteiger partial charge in [-0.05, 0) is 104 Å². The average molecular weight is 617 g/mol. The first-order valence-electron chi connectivity index (χ1n) is 14.5. The number of carbonyl (C=O) groups is 1. The first-order chi connectivity index (χ1) is 21.0. The van der Waals surface area contributed by atoms with E-state index in [4.69, 9.17) is 28.3 Å². The van der Waals surface area contributed by atoms with E-state index in [0.717, 1.165) is 77.4 Å². The second kappa shape index (κ2) is 14.9. The molecular formula is C34H35Cl2N5O2. The minimum absolute atomic E-state index is 0.215. The summed E-state index contributed by atoms with van der Waals surface area (Å²) in [5, 5.41) is 8.59. The van der Waals surface area contributed by atoms with Crippen LogP contribution in [0.3, 0.4) is 0 Å². The summed E-state index contributed by atoms with van der Waals surface area (Å²) in [6, 6.07) is 20.6. The average Bonchev–Trinajstić information content (AvgIpc) is 3.80. The summed E-state index contributed by atoms with van der Waals surface area (Å²) < 4.78 is 0. The highest BCUT2D eigenvalue weighted by atomic mass is 35.5. The Balaban J connectivity index is 0.000000177. The number of carboxylic acid groups (broad SMARTS) is 1. The van der Waals surface area contributed by atoms with Crippen molar-refractivity contribution in [1.82, 2.24) is 19.9 Å². The molecule has 5 heterocycles. The fourth-order valence-electron chi connectivity index (χ4n) is 5.09. The number of hydrogen-bond donors (Lipinski definition) is 3. The second-order valence-electron chi connectivity index (χ2n) is 10.5. The lowest BCUT2D eigenvalue weighted by molar-refractivity contribution is -0.137. The molecule has 0 unspecified atom stereocenters. The normalized spacial score (nSPS) is 12.4. The number of carboxylic acids is 1. The first kappa shape index (κ1) is 30.4. The van der Waals surface area contributed by atoms with Crippen molar-refractivity contribution < 1.29 is 9.90 Å². The molecule has 0 radical (unpaired) electrons. The van der Waals surface area contributed by atoms with Crippen LogP contribution >= 0.6 is 23.2 Å². The van der Waals surface area contributed by atoms with Gasteiger partial charge in [0.25, 0.3) is 0 Å². The van der Waals surface area contributed by atoms with Gasteiger partial charge >= 0.3 is 5.97 Å². The molecule has 2 aromatic heterocycles. The van der Waals surface area contributed by atoms with Crippen LogP contribution in [0.5, 0.6) is 0 Å². The van der Waals surface area contributed by atoms with E-state index in [2.05, 4.69) is 73.4 Å². The molecule has 43 heavy (non-hydrogen) atoms. The predicted molar refractivity (Wildman–Crippen MR) is 178 cm³/mol. The highest BCUT2D eigenvalue weighted by molar-refractivity contribution is 6.18. The number of anilines is 1. The van der Waals surface area contributed by atoms with E-state index in [1.54, 1.807) is 0 Å². The number of alkyl halides is 2. The van der Waals surface area contributed by atoms with Gasteiger partial charge in [-0.15, -0.1) is 23.2 Å². The number of nitrogens with one attached hydrogen (secondary N) is 2. The van der Waals surface area contributed by atoms with Gasteiger partial charge in [0.05, 0.1) is 22.8 Å². The molecule has 1 aromatic carbocycles. The molecule has 8 bridgehead atoms. The first-order valence-corrected chi connectivity index (χ1v) is 15.6. The fraction of sp³-hybridized carbons (Fsp3) is 0.265. The summed E-state index contributed by atoms with van der Waals surface area (Å²) in [5.74, 6) is 0.390. The van der Waals surface area contributed by atoms with Gasteiger partial charge in [0.15, 0.2) is 0 Å². The number of aryl methyl sites for hydroxylation is 3. The van der Waals surface area contributed by atoms with Gasteiger partial charge in [-0.25, -0.2) is 9.97 Å². The highest BCUT2D eigenvalue weighted by Gasteiger charge is 2.08. The molecule has 222 valence electrons. The van der Waals surface area contributed by atoms with Gasteiger partial charge in [-0.2, -0.15) is 0 Å². The molecule has 7 nitrogen and oxygen atoms in total. The summed E-state index contributed by atoms with van der Waals surface area (Å²) in [6.45, 7) is 1.54. The van der Waals surface area contributed by atoms with Crippen LogP contribution < -0.4 is 4.90 Å². The number of fused-ring (bicyclic) bond motifs is 8. The molecule has 0 saturated carbocycles. The summed E-state index contributed by atoms with van der Waals surface area (Å²) in [5.41, 5.74) is 10.7. The number of aromatic amines is 2. The number of rotatable bonds is 9. The topological polar surface area (TPSA) is 97.9 Å². The van der Waals surface area contributed by atoms with Crippen molar-refractivity contribution >= 4 is 70.2 Å². The van der Waals surface area contributed by atoms with Crippen molar-refractivity contribution in [3.05, 3.63) is 100 Å². The number of halogens is 2. The van der Waals surface area contributed by atoms with Crippen molar-refractivity contribution in [2.75, 3.05) is 29.7 Å². The van der Waals surface area contributed by atoms with Crippen molar-refractivity contribution in [2.24, 2.45) is 0 Å². The number of hydrogen-bond acceptors (Lipinski definition) is 4. The van der Waals surface area contributed by atoms with Crippen molar-refractivity contribution in [1.29, 1.82) is 0 Å². The molecule has 3 aliphatic rings. The maximum absolute atomic E-state index is 10.4. The van der Waals surface area contributed by atoms with E-state index in [0.29, 0.717) is 18.2 Å². The number of aliphatic carboxylic acids is 1. The summed E-state index contributed by atoms with van der Waals surface area (Å²) in [7, 11) is 0. The third-order valence-electron chi connectivity index (χ3n) is 7.20. The van der Waals surface area contributed by atoms with Crippen LogP contribution in [0, 0.1) is 0 Å². The molecule has 0 aliphatic carbocycles. The van der Waals surface area contributed by atoms with Gasteiger partial charge in [-0.1, -0.05) is 12.1 Å². The second-order valence-corrected chi connectivity index (χ2v) is 11.2. The Bertz CT molecular complexity index is 1580. The van der Waals surface area contributed by atoms with E-state index < -0.39 is 5.97 Å². The van der Waals surface area contributed by atoms with Crippen LogP contribution in [0.2, 0.25) is 0 Å². The van der Waals surface area contributed by atoms with Crippen molar-refractivity contribution in [3.63, 3.8) is 0 Å². The van der Waals surface area contributed by atoms with Crippen LogP contribution in [0.1, 0.15) is 52.6 Å². The van der Waals surface area contributed by atoms with E-state index in [9.17, 15) is 4.79 Å². The third-order valence-corrected chi connectivity index (χ3v) is 7.54. The lowest BCUT2D eigenvalue weighted by Crippen LogP contribution is -2.27. The largest absolute Gasteiger partial charge is 0.481 e. The predicted octanol–water partition coefficient (Wildman–Crippen LogP) is 7.54. The lowest BCUT2D eigenvalue weighted by Gasteiger charge is -2.23. The molecule has 0 saturated heterocycles. The van der Waals surface area contributed by atoms with Crippen LogP contribution in [-0.4, -0.2) is 55.9 Å². The van der Waals surface area contributed by atoms with Gasteiger partial charge < -0.3 is 20.0 Å². The molecular weight excluding hydrogens is 581 g/mol. The number of H-pyrrole nitrogens is 2. The fourth-order valence-corrected chi connectivity index (χ4v) is 5.50. The molecule has 3 aromatic rings. The quantitative estimate of drug-likeness (QED) is 0.149. The Hall–Kier alpha value is -4.07. The molecule has 6 rings (SSSR count). The van der Waals surface area contributed by atoms with Crippen molar-refractivity contribution in [3.8, 4) is 0 Å². The molecule has 9 heteroatoms. The Morgan fingerprint density at radius 3 is 1.74 bits per heavy atom. The van der Waals surface area contributed by atoms with E-state index in [-0.39, 0.29) is 6.42 Å². The molecule has 0 amide bonds. The Morgan fingerprint density at radius 1 is 0.744 bits per heavy atom. The minimum Gasteiger partial charge on any atom is -0.481 e. The smallest absolute Gasteiger partial charge is 0.303 e. The highest BCUT2D eigenvalue weighted by Crippen LogP contribution is 2.19. The number of benzene rings is 1. The van der Waals surface area contributed by atoms with Crippen LogP contribution in [0.15, 0.2) is 60.7 Å². The lowest BCUT2D eigenvalue weighted by atomic mass is 10.1. The van der Waals surface area contributed by atoms with Crippen LogP contribution in [0.4, 0.5) is 5.69 Å². The SMILES string of the molecule is C1=Cc2cc3ccc(cc4nc(cc5[nH]c(cc1n2)CC5)C=C4)[nH]3.O=C(O)CCCc1ccc(N(CCCl)CCCl)cc1. The van der Waals surface area contributed by atoms with Gasteiger partial charge in [0.2, 0.25) is 0 Å². The standard InChI is InChI=1S/C20H16N4.C14H19Cl2NO2/c1-2-14-10-16-5-6-18(23-16)12-20-8-7-19(24-20)11-17-4-3-15(22-17)9-13(1)21-14;15-8-10-17(11-9-16)13-6-4-12(5-7-13)2-1-3-14(18)19/h1-6,9-12,21,24H,7-8H2;4-7H,1-3,8-11H2,(H,18,19). The van der Waals surface area contributed by atoms with Crippen molar-refractivity contribution in [2.45, 2.75) is 32.1 Å². The summed E-state index contributed by atoms with van der Waals surface area (Å²) >= 11 is 11.5. The van der Waals surface area contributed by atoms with Gasteiger partial charge in [0, 0.05) is 59.4 Å². The maximum atomic E-state index is 10.4. The Morgan fingerprint density at radius 2 is 1.26 bits per heavy atom. The van der Waals surface area contributed by atoms with Crippen LogP contribution in [0.25, 0.3) is 35.3 Å². The van der Waals surface area contributed by atoms with Crippen LogP contribution in [-0.2, 0) is 24.1 Å². The zero-order chi connectivity index (χ0) is 30.0. The zero-order valence-electron chi connectivity index (χ0n) is 23.9. The monoisotopic (exact) mass is 615 g/mol. The number of nitrogens with zero attached hydrogens (tertiary/aromatic N) is 3. The summed E-state index contributed by atoms with van der Waals surface area (Å²) in [6.07, 6.45) is 11.9. The van der Waals surface area contributed by atoms with E-state index >= 15 is 0 Å². The summed E-state index contributed by atoms with van der Waals surface area (Å²) in [4.78, 5) is 28.8.